The topological polar surface area (TPSA) is 82.5 Å². The Labute approximate surface area is 118 Å². The third kappa shape index (κ3) is 2.28. The van der Waals surface area contributed by atoms with Crippen molar-refractivity contribution in [3.8, 4) is 11.5 Å². The molecule has 1 aromatic heterocycles. The van der Waals surface area contributed by atoms with Gasteiger partial charge < -0.3 is 15.5 Å². The van der Waals surface area contributed by atoms with Gasteiger partial charge in [-0.3, -0.25) is 4.79 Å². The fourth-order valence-corrected chi connectivity index (χ4v) is 2.46. The maximum Gasteiger partial charge on any atom is 0.255 e. The van der Waals surface area contributed by atoms with Gasteiger partial charge in [0.25, 0.3) is 5.91 Å². The van der Waals surface area contributed by atoms with Crippen LogP contribution in [0.5, 0.6) is 11.5 Å². The van der Waals surface area contributed by atoms with Crippen LogP contribution in [0.25, 0.3) is 10.2 Å². The summed E-state index contributed by atoms with van der Waals surface area (Å²) in [5.41, 5.74) is 3.45. The Morgan fingerprint density at radius 3 is 2.75 bits per heavy atom. The van der Waals surface area contributed by atoms with Gasteiger partial charge in [0.15, 0.2) is 11.5 Å². The van der Waals surface area contributed by atoms with Crippen LogP contribution in [0.2, 0.25) is 0 Å². The van der Waals surface area contributed by atoms with E-state index in [0.29, 0.717) is 5.69 Å². The van der Waals surface area contributed by atoms with E-state index < -0.39 is 0 Å². The minimum atomic E-state index is -0.366. The van der Waals surface area contributed by atoms with E-state index in [1.807, 2.05) is 6.07 Å². The summed E-state index contributed by atoms with van der Waals surface area (Å²) >= 11 is 1.53. The summed E-state index contributed by atoms with van der Waals surface area (Å²) in [5.74, 6) is -0.951. The first-order chi connectivity index (χ1) is 9.63. The largest absolute Gasteiger partial charge is 0.504 e. The molecule has 0 aliphatic heterocycles. The lowest BCUT2D eigenvalue weighted by molar-refractivity contribution is 0.102. The second-order valence-corrected chi connectivity index (χ2v) is 5.08. The van der Waals surface area contributed by atoms with Crippen LogP contribution in [0.1, 0.15) is 10.4 Å². The number of hydrogen-bond donors (Lipinski definition) is 3. The molecule has 100 valence electrons. The second kappa shape index (κ2) is 4.82. The van der Waals surface area contributed by atoms with Crippen LogP contribution >= 0.6 is 11.3 Å². The van der Waals surface area contributed by atoms with E-state index in [-0.39, 0.29) is 23.0 Å². The minimum absolute atomic E-state index is 0.259. The molecule has 3 rings (SSSR count). The molecule has 20 heavy (non-hydrogen) atoms. The molecular weight excluding hydrogens is 276 g/mol. The lowest BCUT2D eigenvalue weighted by Gasteiger charge is -2.06. The summed E-state index contributed by atoms with van der Waals surface area (Å²) in [6, 6.07) is 9.38. The predicted octanol–water partition coefficient (Wildman–Crippen LogP) is 2.96. The Morgan fingerprint density at radius 1 is 1.10 bits per heavy atom. The van der Waals surface area contributed by atoms with Gasteiger partial charge in [-0.05, 0) is 36.4 Å². The van der Waals surface area contributed by atoms with E-state index in [0.717, 1.165) is 10.2 Å². The van der Waals surface area contributed by atoms with Crippen LogP contribution in [0.15, 0.2) is 41.9 Å². The molecule has 5 nitrogen and oxygen atoms in total. The van der Waals surface area contributed by atoms with Crippen LogP contribution in [0.3, 0.4) is 0 Å². The number of carbonyl (C=O) groups is 1. The zero-order valence-electron chi connectivity index (χ0n) is 10.2. The number of benzene rings is 2. The highest BCUT2D eigenvalue weighted by molar-refractivity contribution is 7.16. The average molecular weight is 286 g/mol. The lowest BCUT2D eigenvalue weighted by Crippen LogP contribution is -2.11. The van der Waals surface area contributed by atoms with E-state index in [2.05, 4.69) is 10.3 Å². The first-order valence-electron chi connectivity index (χ1n) is 5.80. The third-order valence-corrected chi connectivity index (χ3v) is 3.64. The van der Waals surface area contributed by atoms with Gasteiger partial charge in [0.1, 0.15) is 0 Å². The molecular formula is C14H10N2O3S. The Bertz CT molecular complexity index is 798. The summed E-state index contributed by atoms with van der Waals surface area (Å²) in [6.07, 6.45) is 0. The van der Waals surface area contributed by atoms with Crippen molar-refractivity contribution in [1.29, 1.82) is 0 Å². The van der Waals surface area contributed by atoms with Crippen LogP contribution in [0.4, 0.5) is 5.69 Å². The Hall–Kier alpha value is -2.60. The van der Waals surface area contributed by atoms with E-state index >= 15 is 0 Å². The molecule has 0 fully saturated rings. The van der Waals surface area contributed by atoms with Gasteiger partial charge in [-0.25, -0.2) is 4.98 Å². The maximum atomic E-state index is 12.0. The molecule has 1 amide bonds. The highest BCUT2D eigenvalue weighted by Gasteiger charge is 2.09. The Morgan fingerprint density at radius 2 is 1.95 bits per heavy atom. The molecule has 3 N–H and O–H groups in total. The first-order valence-corrected chi connectivity index (χ1v) is 6.68. The summed E-state index contributed by atoms with van der Waals surface area (Å²) in [4.78, 5) is 16.2. The number of hydrogen-bond acceptors (Lipinski definition) is 5. The standard InChI is InChI=1S/C14H10N2O3S/c17-11-3-1-8(5-12(11)18)14(19)16-9-2-4-13-10(6-9)15-7-20-13/h1-7,17-18H,(H,16,19). The molecule has 0 saturated carbocycles. The monoisotopic (exact) mass is 286 g/mol. The van der Waals surface area contributed by atoms with Crippen LogP contribution in [0, 0.1) is 0 Å². The first kappa shape index (κ1) is 12.4. The van der Waals surface area contributed by atoms with E-state index in [1.165, 1.54) is 29.5 Å². The van der Waals surface area contributed by atoms with E-state index in [9.17, 15) is 15.0 Å². The number of amides is 1. The van der Waals surface area contributed by atoms with E-state index in [1.54, 1.807) is 17.6 Å². The quantitative estimate of drug-likeness (QED) is 0.632. The summed E-state index contributed by atoms with van der Waals surface area (Å²) in [6.45, 7) is 0. The molecule has 0 aliphatic rings. The molecule has 3 aromatic rings. The van der Waals surface area contributed by atoms with Crippen molar-refractivity contribution in [3.05, 3.63) is 47.5 Å². The number of anilines is 1. The number of fused-ring (bicyclic) bond motifs is 1. The number of phenolic OH excluding ortho intramolecular Hbond substituents is 2. The Kier molecular flexibility index (Phi) is 3.00. The molecule has 0 spiro atoms. The molecule has 0 radical (unpaired) electrons. The molecule has 2 aromatic carbocycles. The van der Waals surface area contributed by atoms with Gasteiger partial charge in [-0.1, -0.05) is 0 Å². The SMILES string of the molecule is O=C(Nc1ccc2scnc2c1)c1ccc(O)c(O)c1. The highest BCUT2D eigenvalue weighted by atomic mass is 32.1. The zero-order valence-corrected chi connectivity index (χ0v) is 11.0. The maximum absolute atomic E-state index is 12.0. The molecule has 0 saturated heterocycles. The number of nitrogens with one attached hydrogen (secondary N) is 1. The molecule has 6 heteroatoms. The van der Waals surface area contributed by atoms with Crippen molar-refractivity contribution in [2.45, 2.75) is 0 Å². The van der Waals surface area contributed by atoms with Gasteiger partial charge in [-0.2, -0.15) is 0 Å². The summed E-state index contributed by atoms with van der Waals surface area (Å²) in [7, 11) is 0. The van der Waals surface area contributed by atoms with Crippen LogP contribution in [-0.2, 0) is 0 Å². The molecule has 0 aliphatic carbocycles. The lowest BCUT2D eigenvalue weighted by atomic mass is 10.2. The number of thiazole rings is 1. The number of phenols is 2. The average Bonchev–Trinajstić information content (AvgIpc) is 2.89. The van der Waals surface area contributed by atoms with Gasteiger partial charge >= 0.3 is 0 Å². The third-order valence-electron chi connectivity index (χ3n) is 2.83. The van der Waals surface area contributed by atoms with Gasteiger partial charge in [0.2, 0.25) is 0 Å². The van der Waals surface area contributed by atoms with Crippen molar-refractivity contribution in [3.63, 3.8) is 0 Å². The number of carbonyl (C=O) groups excluding carboxylic acids is 1. The van der Waals surface area contributed by atoms with E-state index in [4.69, 9.17) is 0 Å². The minimum Gasteiger partial charge on any atom is -0.504 e. The molecule has 1 heterocycles. The number of rotatable bonds is 2. The molecule has 0 atom stereocenters. The smallest absolute Gasteiger partial charge is 0.255 e. The normalized spacial score (nSPS) is 10.6. The number of nitrogens with zero attached hydrogens (tertiary/aromatic N) is 1. The van der Waals surface area contributed by atoms with Gasteiger partial charge in [0.05, 0.1) is 15.7 Å². The van der Waals surface area contributed by atoms with Gasteiger partial charge in [-0.15, -0.1) is 11.3 Å². The van der Waals surface area contributed by atoms with Crippen molar-refractivity contribution in [2.24, 2.45) is 0 Å². The van der Waals surface area contributed by atoms with Crippen LogP contribution in [-0.4, -0.2) is 21.1 Å². The number of aromatic hydroxyl groups is 2. The van der Waals surface area contributed by atoms with Crippen molar-refractivity contribution >= 4 is 33.1 Å². The highest BCUT2D eigenvalue weighted by Crippen LogP contribution is 2.26. The fourth-order valence-electron chi connectivity index (χ4n) is 1.80. The van der Waals surface area contributed by atoms with Gasteiger partial charge in [0, 0.05) is 11.3 Å². The predicted molar refractivity (Wildman–Crippen MR) is 77.3 cm³/mol. The fraction of sp³-hybridized carbons (Fsp3) is 0. The molecule has 0 unspecified atom stereocenters. The zero-order chi connectivity index (χ0) is 14.1. The number of aromatic nitrogens is 1. The van der Waals surface area contributed by atoms with Crippen molar-refractivity contribution < 1.29 is 15.0 Å². The summed E-state index contributed by atoms with van der Waals surface area (Å²) in [5, 5.41) is 21.3. The molecule has 0 bridgehead atoms. The van der Waals surface area contributed by atoms with Crippen molar-refractivity contribution in [1.82, 2.24) is 4.98 Å². The van der Waals surface area contributed by atoms with Crippen molar-refractivity contribution in [2.75, 3.05) is 5.32 Å². The van der Waals surface area contributed by atoms with Crippen LogP contribution < -0.4 is 5.32 Å². The Balaban J connectivity index is 1.85. The second-order valence-electron chi connectivity index (χ2n) is 4.19. The summed E-state index contributed by atoms with van der Waals surface area (Å²) < 4.78 is 1.05.